The first-order valence-corrected chi connectivity index (χ1v) is 8.28. The zero-order valence-electron chi connectivity index (χ0n) is 14.9. The van der Waals surface area contributed by atoms with E-state index in [1.165, 1.54) is 19.1 Å². The topological polar surface area (TPSA) is 77.2 Å². The number of benzene rings is 2. The lowest BCUT2D eigenvalue weighted by Crippen LogP contribution is -2.30. The van der Waals surface area contributed by atoms with Crippen LogP contribution in [0.5, 0.6) is 5.75 Å². The van der Waals surface area contributed by atoms with Gasteiger partial charge in [-0.15, -0.1) is 0 Å². The van der Waals surface area contributed by atoms with Crippen LogP contribution in [0.4, 0.5) is 18.9 Å². The molecule has 146 valence electrons. The number of nitrogens with one attached hydrogen (secondary N) is 1. The van der Waals surface area contributed by atoms with Crippen molar-refractivity contribution in [3.63, 3.8) is 0 Å². The SMILES string of the molecule is Cc1nc(-c2ccc(OC(C)C(=O)Nc3cccc(C(F)(F)F)c3)cc2)no1. The van der Waals surface area contributed by atoms with E-state index in [9.17, 15) is 18.0 Å². The Hall–Kier alpha value is -3.36. The summed E-state index contributed by atoms with van der Waals surface area (Å²) in [7, 11) is 0. The van der Waals surface area contributed by atoms with Crippen LogP contribution in [0.3, 0.4) is 0 Å². The highest BCUT2D eigenvalue weighted by Crippen LogP contribution is 2.30. The molecule has 0 radical (unpaired) electrons. The smallest absolute Gasteiger partial charge is 0.416 e. The molecular formula is C19H16F3N3O3. The molecule has 0 aliphatic heterocycles. The predicted octanol–water partition coefficient (Wildman–Crippen LogP) is 4.47. The highest BCUT2D eigenvalue weighted by Gasteiger charge is 2.30. The third-order valence-corrected chi connectivity index (χ3v) is 3.78. The van der Waals surface area contributed by atoms with Gasteiger partial charge in [-0.1, -0.05) is 11.2 Å². The molecule has 1 amide bonds. The number of carbonyl (C=O) groups is 1. The average molecular weight is 391 g/mol. The summed E-state index contributed by atoms with van der Waals surface area (Å²) in [6, 6.07) is 11.1. The predicted molar refractivity (Wildman–Crippen MR) is 94.6 cm³/mol. The van der Waals surface area contributed by atoms with Crippen molar-refractivity contribution in [2.75, 3.05) is 5.32 Å². The fraction of sp³-hybridized carbons (Fsp3) is 0.211. The molecule has 6 nitrogen and oxygen atoms in total. The van der Waals surface area contributed by atoms with Crippen LogP contribution in [0.1, 0.15) is 18.4 Å². The van der Waals surface area contributed by atoms with Crippen molar-refractivity contribution in [3.8, 4) is 17.1 Å². The molecule has 1 aromatic heterocycles. The molecule has 0 aliphatic carbocycles. The van der Waals surface area contributed by atoms with Gasteiger partial charge in [0.2, 0.25) is 11.7 Å². The number of nitrogens with zero attached hydrogens (tertiary/aromatic N) is 2. The molecule has 1 atom stereocenters. The van der Waals surface area contributed by atoms with E-state index >= 15 is 0 Å². The lowest BCUT2D eigenvalue weighted by atomic mass is 10.2. The van der Waals surface area contributed by atoms with Crippen LogP contribution in [-0.2, 0) is 11.0 Å². The highest BCUT2D eigenvalue weighted by molar-refractivity contribution is 5.94. The first-order valence-electron chi connectivity index (χ1n) is 8.28. The zero-order chi connectivity index (χ0) is 20.3. The summed E-state index contributed by atoms with van der Waals surface area (Å²) >= 11 is 0. The van der Waals surface area contributed by atoms with Crippen molar-refractivity contribution in [1.82, 2.24) is 10.1 Å². The Balaban J connectivity index is 1.63. The quantitative estimate of drug-likeness (QED) is 0.694. The van der Waals surface area contributed by atoms with E-state index in [2.05, 4.69) is 15.5 Å². The Morgan fingerprint density at radius 2 is 1.89 bits per heavy atom. The first kappa shape index (κ1) is 19.4. The molecule has 1 N–H and O–H groups in total. The second kappa shape index (κ2) is 7.71. The molecule has 2 aromatic carbocycles. The zero-order valence-corrected chi connectivity index (χ0v) is 14.9. The molecular weight excluding hydrogens is 375 g/mol. The number of ether oxygens (including phenoxy) is 1. The standard InChI is InChI=1S/C19H16F3N3O3/c1-11(18(26)24-15-5-3-4-14(10-15)19(20,21)22)27-16-8-6-13(7-9-16)17-23-12(2)28-25-17/h3-11H,1-2H3,(H,24,26). The third kappa shape index (κ3) is 4.67. The summed E-state index contributed by atoms with van der Waals surface area (Å²) in [5, 5.41) is 6.22. The molecule has 0 spiro atoms. The van der Waals surface area contributed by atoms with E-state index in [-0.39, 0.29) is 5.69 Å². The molecule has 0 saturated carbocycles. The van der Waals surface area contributed by atoms with Gasteiger partial charge in [-0.05, 0) is 49.4 Å². The van der Waals surface area contributed by atoms with E-state index in [0.717, 1.165) is 12.1 Å². The van der Waals surface area contributed by atoms with Gasteiger partial charge < -0.3 is 14.6 Å². The van der Waals surface area contributed by atoms with Gasteiger partial charge in [-0.2, -0.15) is 18.2 Å². The molecule has 28 heavy (non-hydrogen) atoms. The maximum Gasteiger partial charge on any atom is 0.416 e. The molecule has 0 fully saturated rings. The van der Waals surface area contributed by atoms with Crippen molar-refractivity contribution in [2.45, 2.75) is 26.1 Å². The molecule has 3 aromatic rings. The van der Waals surface area contributed by atoms with Crippen LogP contribution in [0.15, 0.2) is 53.1 Å². The average Bonchev–Trinajstić information content (AvgIpc) is 3.08. The number of amides is 1. The maximum absolute atomic E-state index is 12.8. The van der Waals surface area contributed by atoms with Crippen molar-refractivity contribution in [1.29, 1.82) is 0 Å². The molecule has 0 aliphatic rings. The minimum atomic E-state index is -4.48. The third-order valence-electron chi connectivity index (χ3n) is 3.78. The van der Waals surface area contributed by atoms with E-state index in [1.807, 2.05) is 0 Å². The van der Waals surface area contributed by atoms with Crippen LogP contribution < -0.4 is 10.1 Å². The number of hydrogen-bond acceptors (Lipinski definition) is 5. The fourth-order valence-corrected chi connectivity index (χ4v) is 2.37. The molecule has 9 heteroatoms. The second-order valence-electron chi connectivity index (χ2n) is 5.99. The number of rotatable bonds is 5. The van der Waals surface area contributed by atoms with Gasteiger partial charge in [0.1, 0.15) is 5.75 Å². The Kier molecular flexibility index (Phi) is 5.34. The molecule has 1 heterocycles. The van der Waals surface area contributed by atoms with Gasteiger partial charge in [0.25, 0.3) is 5.91 Å². The van der Waals surface area contributed by atoms with Gasteiger partial charge in [0, 0.05) is 18.2 Å². The number of halogens is 3. The van der Waals surface area contributed by atoms with Crippen LogP contribution in [0.2, 0.25) is 0 Å². The van der Waals surface area contributed by atoms with Gasteiger partial charge in [-0.3, -0.25) is 4.79 Å². The summed E-state index contributed by atoms with van der Waals surface area (Å²) in [4.78, 5) is 16.3. The van der Waals surface area contributed by atoms with Crippen LogP contribution in [-0.4, -0.2) is 22.2 Å². The Morgan fingerprint density at radius 3 is 2.50 bits per heavy atom. The van der Waals surface area contributed by atoms with E-state index in [1.54, 1.807) is 31.2 Å². The van der Waals surface area contributed by atoms with Crippen molar-refractivity contribution >= 4 is 11.6 Å². The number of aromatic nitrogens is 2. The number of anilines is 1. The molecule has 0 saturated heterocycles. The van der Waals surface area contributed by atoms with Crippen LogP contribution in [0.25, 0.3) is 11.4 Å². The van der Waals surface area contributed by atoms with Gasteiger partial charge in [-0.25, -0.2) is 0 Å². The summed E-state index contributed by atoms with van der Waals surface area (Å²) < 4.78 is 48.7. The largest absolute Gasteiger partial charge is 0.481 e. The summed E-state index contributed by atoms with van der Waals surface area (Å²) in [5.41, 5.74) is -0.0884. The summed E-state index contributed by atoms with van der Waals surface area (Å²) in [6.45, 7) is 3.18. The lowest BCUT2D eigenvalue weighted by Gasteiger charge is -2.15. The number of alkyl halides is 3. The van der Waals surface area contributed by atoms with Gasteiger partial charge in [0.15, 0.2) is 6.10 Å². The highest BCUT2D eigenvalue weighted by atomic mass is 19.4. The minimum absolute atomic E-state index is 0.0399. The number of hydrogen-bond donors (Lipinski definition) is 1. The monoisotopic (exact) mass is 391 g/mol. The van der Waals surface area contributed by atoms with Crippen LogP contribution in [0, 0.1) is 6.92 Å². The van der Waals surface area contributed by atoms with Crippen molar-refractivity contribution < 1.29 is 27.2 Å². The summed E-state index contributed by atoms with van der Waals surface area (Å²) in [6.07, 6.45) is -5.41. The molecule has 3 rings (SSSR count). The maximum atomic E-state index is 12.8. The second-order valence-corrected chi connectivity index (χ2v) is 5.99. The first-order chi connectivity index (χ1) is 13.2. The minimum Gasteiger partial charge on any atom is -0.481 e. The normalized spacial score (nSPS) is 12.5. The lowest BCUT2D eigenvalue weighted by molar-refractivity contribution is -0.137. The van der Waals surface area contributed by atoms with E-state index < -0.39 is 23.8 Å². The Labute approximate surface area is 158 Å². The van der Waals surface area contributed by atoms with E-state index in [4.69, 9.17) is 9.26 Å². The Bertz CT molecular complexity index is 968. The van der Waals surface area contributed by atoms with Gasteiger partial charge in [0.05, 0.1) is 5.56 Å². The summed E-state index contributed by atoms with van der Waals surface area (Å²) in [5.74, 6) is 0.711. The fourth-order valence-electron chi connectivity index (χ4n) is 2.37. The molecule has 1 unspecified atom stereocenters. The Morgan fingerprint density at radius 1 is 1.18 bits per heavy atom. The van der Waals surface area contributed by atoms with Crippen LogP contribution >= 0.6 is 0 Å². The number of aryl methyl sites for hydroxylation is 1. The molecule has 0 bridgehead atoms. The van der Waals surface area contributed by atoms with Gasteiger partial charge >= 0.3 is 6.18 Å². The van der Waals surface area contributed by atoms with E-state index in [0.29, 0.717) is 23.0 Å². The van der Waals surface area contributed by atoms with Crippen molar-refractivity contribution in [3.05, 3.63) is 60.0 Å². The number of carbonyl (C=O) groups excluding carboxylic acids is 1. The van der Waals surface area contributed by atoms with Crippen molar-refractivity contribution in [2.24, 2.45) is 0 Å².